The molecule has 1 saturated heterocycles. The molecule has 1 aromatic carbocycles. The Morgan fingerprint density at radius 2 is 2.24 bits per heavy atom. The summed E-state index contributed by atoms with van der Waals surface area (Å²) in [5.74, 6) is -1.31. The van der Waals surface area contributed by atoms with Crippen LogP contribution in [0.3, 0.4) is 0 Å². The van der Waals surface area contributed by atoms with Crippen LogP contribution in [-0.4, -0.2) is 47.1 Å². The van der Waals surface area contributed by atoms with Gasteiger partial charge in [0, 0.05) is 30.3 Å². The van der Waals surface area contributed by atoms with E-state index in [1.165, 1.54) is 5.56 Å². The smallest absolute Gasteiger partial charge is 0.351 e. The number of para-hydroxylation sites is 1. The minimum atomic E-state index is -1.34. The molecule has 1 aromatic heterocycles. The van der Waals surface area contributed by atoms with Crippen LogP contribution in [0.4, 0.5) is 0 Å². The van der Waals surface area contributed by atoms with E-state index in [-0.39, 0.29) is 18.4 Å². The molecule has 0 aliphatic carbocycles. The second kappa shape index (κ2) is 6.56. The topological polar surface area (TPSA) is 94.8 Å². The van der Waals surface area contributed by atoms with E-state index in [1.807, 2.05) is 25.1 Å². The molecule has 0 saturated carbocycles. The quantitative estimate of drug-likeness (QED) is 0.795. The largest absolute Gasteiger partial charge is 0.462 e. The van der Waals surface area contributed by atoms with Crippen molar-refractivity contribution < 1.29 is 19.1 Å². The van der Waals surface area contributed by atoms with Crippen LogP contribution in [0.2, 0.25) is 0 Å². The van der Waals surface area contributed by atoms with Crippen LogP contribution in [0.5, 0.6) is 0 Å². The van der Waals surface area contributed by atoms with Crippen LogP contribution in [0, 0.1) is 11.8 Å². The minimum Gasteiger partial charge on any atom is -0.462 e. The molecule has 7 nitrogen and oxygen atoms in total. The van der Waals surface area contributed by atoms with Crippen LogP contribution in [0.1, 0.15) is 24.6 Å². The number of pyridine rings is 1. The molecule has 0 bridgehead atoms. The van der Waals surface area contributed by atoms with Gasteiger partial charge in [-0.1, -0.05) is 31.2 Å². The second-order valence-corrected chi connectivity index (χ2v) is 7.93. The monoisotopic (exact) mass is 393 g/mol. The number of hydrogen-bond donors (Lipinski definition) is 1. The number of aromatic nitrogens is 1. The minimum absolute atomic E-state index is 0.0469. The Labute approximate surface area is 168 Å². The Bertz CT molecular complexity index is 1050. The van der Waals surface area contributed by atoms with E-state index in [1.54, 1.807) is 0 Å². The van der Waals surface area contributed by atoms with E-state index in [4.69, 9.17) is 20.2 Å². The third kappa shape index (κ3) is 2.64. The molecule has 7 heteroatoms. The molecular formula is C22H23N3O4. The van der Waals surface area contributed by atoms with E-state index in [9.17, 15) is 9.59 Å². The zero-order chi connectivity index (χ0) is 20.2. The van der Waals surface area contributed by atoms with Gasteiger partial charge >= 0.3 is 11.9 Å². The van der Waals surface area contributed by atoms with Gasteiger partial charge in [0.1, 0.15) is 0 Å². The van der Waals surface area contributed by atoms with E-state index in [0.29, 0.717) is 13.0 Å². The predicted molar refractivity (Wildman–Crippen MR) is 106 cm³/mol. The number of hydrogen-bond acceptors (Lipinski definition) is 7. The van der Waals surface area contributed by atoms with Crippen molar-refractivity contribution in [3.63, 3.8) is 0 Å². The molecule has 5 rings (SSSR count). The lowest BCUT2D eigenvalue weighted by Crippen LogP contribution is -2.59. The molecule has 29 heavy (non-hydrogen) atoms. The van der Waals surface area contributed by atoms with Crippen molar-refractivity contribution in [1.29, 1.82) is 0 Å². The molecule has 3 aliphatic heterocycles. The summed E-state index contributed by atoms with van der Waals surface area (Å²) >= 11 is 0. The Morgan fingerprint density at radius 3 is 3.03 bits per heavy atom. The van der Waals surface area contributed by atoms with Crippen molar-refractivity contribution in [3.05, 3.63) is 47.7 Å². The van der Waals surface area contributed by atoms with E-state index < -0.39 is 17.5 Å². The van der Waals surface area contributed by atoms with Crippen LogP contribution in [-0.2, 0) is 25.6 Å². The third-order valence-electron chi connectivity index (χ3n) is 6.35. The summed E-state index contributed by atoms with van der Waals surface area (Å²) in [7, 11) is 0. The molecule has 4 heterocycles. The van der Waals surface area contributed by atoms with E-state index >= 15 is 0 Å². The third-order valence-corrected chi connectivity index (χ3v) is 6.35. The summed E-state index contributed by atoms with van der Waals surface area (Å²) in [6, 6.07) is 10.2. The van der Waals surface area contributed by atoms with Crippen molar-refractivity contribution in [3.8, 4) is 0 Å². The maximum atomic E-state index is 12.8. The second-order valence-electron chi connectivity index (χ2n) is 7.93. The van der Waals surface area contributed by atoms with Crippen LogP contribution >= 0.6 is 0 Å². The first-order valence-corrected chi connectivity index (χ1v) is 10.0. The van der Waals surface area contributed by atoms with Crippen molar-refractivity contribution in [2.24, 2.45) is 17.6 Å². The zero-order valence-corrected chi connectivity index (χ0v) is 16.3. The molecule has 0 spiro atoms. The highest BCUT2D eigenvalue weighted by Gasteiger charge is 2.57. The molecule has 2 aromatic rings. The van der Waals surface area contributed by atoms with Crippen molar-refractivity contribution in [2.45, 2.75) is 25.5 Å². The number of nitrogens with zero attached hydrogens (tertiary/aromatic N) is 2. The molecule has 1 fully saturated rings. The summed E-state index contributed by atoms with van der Waals surface area (Å²) in [5.41, 5.74) is 8.18. The lowest BCUT2D eigenvalue weighted by molar-refractivity contribution is -0.203. The highest BCUT2D eigenvalue weighted by atomic mass is 16.6. The van der Waals surface area contributed by atoms with Gasteiger partial charge in [-0.3, -0.25) is 4.79 Å². The van der Waals surface area contributed by atoms with Gasteiger partial charge < -0.3 is 20.1 Å². The van der Waals surface area contributed by atoms with Gasteiger partial charge in [-0.15, -0.1) is 0 Å². The molecule has 2 N–H and O–H groups in total. The number of ether oxygens (including phenoxy) is 2. The molecule has 0 radical (unpaired) electrons. The summed E-state index contributed by atoms with van der Waals surface area (Å²) < 4.78 is 11.1. The Morgan fingerprint density at radius 1 is 1.41 bits per heavy atom. The normalized spacial score (nSPS) is 27.6. The summed E-state index contributed by atoms with van der Waals surface area (Å²) in [5, 5.41) is 1.11. The molecule has 3 unspecified atom stereocenters. The fourth-order valence-electron chi connectivity index (χ4n) is 4.91. The van der Waals surface area contributed by atoms with Gasteiger partial charge in [0.25, 0.3) is 0 Å². The summed E-state index contributed by atoms with van der Waals surface area (Å²) in [4.78, 5) is 32.0. The van der Waals surface area contributed by atoms with E-state index in [2.05, 4.69) is 23.1 Å². The molecule has 3 atom stereocenters. The highest BCUT2D eigenvalue weighted by Crippen LogP contribution is 2.46. The molecule has 3 aliphatic rings. The number of carbonyl (C=O) groups excluding carboxylic acids is 2. The predicted octanol–water partition coefficient (Wildman–Crippen LogP) is 1.84. The number of fused-ring (bicyclic) bond motifs is 5. The maximum Gasteiger partial charge on any atom is 0.351 e. The average Bonchev–Trinajstić information content (AvgIpc) is 3.09. The zero-order valence-electron chi connectivity index (χ0n) is 16.3. The van der Waals surface area contributed by atoms with Crippen molar-refractivity contribution in [1.82, 2.24) is 9.88 Å². The van der Waals surface area contributed by atoms with Crippen LogP contribution in [0.25, 0.3) is 16.6 Å². The Kier molecular flexibility index (Phi) is 4.10. The number of nitrogens with two attached hydrogens (primary N) is 1. The maximum absolute atomic E-state index is 12.8. The van der Waals surface area contributed by atoms with Crippen LogP contribution < -0.4 is 5.73 Å². The lowest BCUT2D eigenvalue weighted by atomic mass is 9.72. The molecule has 0 amide bonds. The lowest BCUT2D eigenvalue weighted by Gasteiger charge is -2.47. The van der Waals surface area contributed by atoms with Crippen LogP contribution in [0.15, 0.2) is 36.4 Å². The number of cyclic esters (lactones) is 1. The Hall–Kier alpha value is -2.93. The van der Waals surface area contributed by atoms with Gasteiger partial charge in [0.2, 0.25) is 5.60 Å². The summed E-state index contributed by atoms with van der Waals surface area (Å²) in [6.45, 7) is 3.38. The standard InChI is InChI=1S/C22H23N3O4/c1-2-22(29-19(26)9-23)16-8-18-20-14(7-13-5-3-4-6-17(13)24-20)10-25(18)11-15(16)12-28-21(22)27/h3-8,15-16H,2,9-12,23H2,1H3. The summed E-state index contributed by atoms with van der Waals surface area (Å²) in [6.07, 6.45) is 2.40. The van der Waals surface area contributed by atoms with Crippen molar-refractivity contribution in [2.75, 3.05) is 19.7 Å². The van der Waals surface area contributed by atoms with Gasteiger partial charge in [-0.2, -0.15) is 0 Å². The highest BCUT2D eigenvalue weighted by molar-refractivity contribution is 5.87. The number of rotatable bonds is 3. The van der Waals surface area contributed by atoms with Gasteiger partial charge in [0.05, 0.1) is 30.1 Å². The number of carbonyl (C=O) groups is 2. The van der Waals surface area contributed by atoms with E-state index in [0.717, 1.165) is 35.4 Å². The van der Waals surface area contributed by atoms with Crippen molar-refractivity contribution >= 4 is 28.5 Å². The van der Waals surface area contributed by atoms with Gasteiger partial charge in [-0.05, 0) is 24.1 Å². The fraction of sp³-hybridized carbons (Fsp3) is 0.409. The first-order valence-electron chi connectivity index (χ1n) is 10.0. The first-order chi connectivity index (χ1) is 14.1. The van der Waals surface area contributed by atoms with Gasteiger partial charge in [0.15, 0.2) is 0 Å². The fourth-order valence-corrected chi connectivity index (χ4v) is 4.91. The molecular weight excluding hydrogens is 370 g/mol. The van der Waals surface area contributed by atoms with Gasteiger partial charge in [-0.25, -0.2) is 9.78 Å². The SMILES string of the molecule is CCC1(OC(=O)CN)C(=O)OCC2CN3Cc4cc5ccccc5nc4C3=CC21. The Balaban J connectivity index is 1.61. The molecule has 150 valence electrons. The average molecular weight is 393 g/mol. The first kappa shape index (κ1) is 18.1. The number of esters is 2. The number of benzene rings is 1.